The van der Waals surface area contributed by atoms with Crippen LogP contribution in [-0.4, -0.2) is 22.0 Å². The lowest BCUT2D eigenvalue weighted by atomic mass is 10.1. The molecule has 0 radical (unpaired) electrons. The number of unbranched alkanes of at least 4 members (excludes halogenated alkanes) is 2. The minimum Gasteiger partial charge on any atom is -0.476 e. The lowest BCUT2D eigenvalue weighted by Crippen LogP contribution is -2.22. The fourth-order valence-electron chi connectivity index (χ4n) is 1.97. The highest BCUT2D eigenvalue weighted by Gasteiger charge is 2.09. The number of thiophene rings is 1. The fraction of sp³-hybridized carbons (Fsp3) is 0.400. The Morgan fingerprint density at radius 1 is 1.23 bits per heavy atom. The SMILES string of the molecule is O=C(CCCCCc1cccs1)NCc1nc(C(=O)O)cs1. The van der Waals surface area contributed by atoms with Gasteiger partial charge in [-0.1, -0.05) is 12.5 Å². The number of amides is 1. The first-order valence-corrected chi connectivity index (χ1v) is 8.88. The molecule has 0 spiro atoms. The van der Waals surface area contributed by atoms with Gasteiger partial charge in [0.15, 0.2) is 5.69 Å². The maximum Gasteiger partial charge on any atom is 0.355 e. The van der Waals surface area contributed by atoms with Gasteiger partial charge in [0.2, 0.25) is 5.91 Å². The molecular weight excluding hydrogens is 320 g/mol. The second kappa shape index (κ2) is 8.65. The summed E-state index contributed by atoms with van der Waals surface area (Å²) in [7, 11) is 0. The summed E-state index contributed by atoms with van der Waals surface area (Å²) in [4.78, 5) is 27.7. The smallest absolute Gasteiger partial charge is 0.355 e. The molecule has 118 valence electrons. The Balaban J connectivity index is 1.56. The summed E-state index contributed by atoms with van der Waals surface area (Å²) < 4.78 is 0. The first-order chi connectivity index (χ1) is 10.6. The number of thiazole rings is 1. The van der Waals surface area contributed by atoms with Crippen molar-refractivity contribution in [3.8, 4) is 0 Å². The van der Waals surface area contributed by atoms with Crippen LogP contribution in [0.1, 0.15) is 46.1 Å². The van der Waals surface area contributed by atoms with Crippen molar-refractivity contribution in [3.63, 3.8) is 0 Å². The predicted molar refractivity (Wildman–Crippen MR) is 87.4 cm³/mol. The van der Waals surface area contributed by atoms with E-state index in [1.165, 1.54) is 21.6 Å². The molecule has 0 saturated carbocycles. The van der Waals surface area contributed by atoms with Gasteiger partial charge in [-0.25, -0.2) is 9.78 Å². The van der Waals surface area contributed by atoms with Gasteiger partial charge in [-0.2, -0.15) is 0 Å². The third kappa shape index (κ3) is 5.57. The zero-order chi connectivity index (χ0) is 15.8. The highest BCUT2D eigenvalue weighted by atomic mass is 32.1. The molecule has 0 fully saturated rings. The monoisotopic (exact) mass is 338 g/mol. The van der Waals surface area contributed by atoms with Gasteiger partial charge in [-0.05, 0) is 30.7 Å². The van der Waals surface area contributed by atoms with Crippen LogP contribution in [0, 0.1) is 0 Å². The first kappa shape index (κ1) is 16.6. The van der Waals surface area contributed by atoms with E-state index in [0.29, 0.717) is 18.0 Å². The van der Waals surface area contributed by atoms with E-state index in [2.05, 4.69) is 27.8 Å². The highest BCUT2D eigenvalue weighted by molar-refractivity contribution is 7.10. The number of aromatic nitrogens is 1. The molecule has 5 nitrogen and oxygen atoms in total. The fourth-order valence-corrected chi connectivity index (χ4v) is 3.43. The van der Waals surface area contributed by atoms with Crippen molar-refractivity contribution in [2.45, 2.75) is 38.6 Å². The van der Waals surface area contributed by atoms with Gasteiger partial charge in [-0.3, -0.25) is 4.79 Å². The number of nitrogens with one attached hydrogen (secondary N) is 1. The summed E-state index contributed by atoms with van der Waals surface area (Å²) in [5.74, 6) is -1.05. The first-order valence-electron chi connectivity index (χ1n) is 7.12. The number of carbonyl (C=O) groups is 2. The maximum atomic E-state index is 11.7. The molecule has 0 aliphatic heterocycles. The molecule has 0 atom stereocenters. The Morgan fingerprint density at radius 3 is 2.77 bits per heavy atom. The minimum atomic E-state index is -1.04. The van der Waals surface area contributed by atoms with Crippen LogP contribution in [0.25, 0.3) is 0 Å². The molecule has 2 N–H and O–H groups in total. The second-order valence-corrected chi connectivity index (χ2v) is 6.82. The standard InChI is InChI=1S/C15H18N2O3S2/c18-13(7-3-1-2-5-11-6-4-8-21-11)16-9-14-17-12(10-22-14)15(19)20/h4,6,8,10H,1-3,5,7,9H2,(H,16,18)(H,19,20). The van der Waals surface area contributed by atoms with Crippen molar-refractivity contribution >= 4 is 34.6 Å². The number of aromatic carboxylic acids is 1. The number of hydrogen-bond donors (Lipinski definition) is 2. The summed E-state index contributed by atoms with van der Waals surface area (Å²) in [6.45, 7) is 0.298. The topological polar surface area (TPSA) is 79.3 Å². The molecule has 7 heteroatoms. The largest absolute Gasteiger partial charge is 0.476 e. The summed E-state index contributed by atoms with van der Waals surface area (Å²) in [5, 5.41) is 15.7. The van der Waals surface area contributed by atoms with Crippen LogP contribution in [0.4, 0.5) is 0 Å². The molecule has 2 heterocycles. The Hall–Kier alpha value is -1.73. The van der Waals surface area contributed by atoms with Gasteiger partial charge in [0.25, 0.3) is 0 Å². The van der Waals surface area contributed by atoms with Crippen molar-refractivity contribution in [1.82, 2.24) is 10.3 Å². The van der Waals surface area contributed by atoms with Gasteiger partial charge >= 0.3 is 5.97 Å². The number of carboxylic acids is 1. The van der Waals surface area contributed by atoms with Crippen molar-refractivity contribution in [2.75, 3.05) is 0 Å². The third-order valence-electron chi connectivity index (χ3n) is 3.11. The van der Waals surface area contributed by atoms with Crippen LogP contribution in [0.15, 0.2) is 22.9 Å². The molecule has 0 bridgehead atoms. The van der Waals surface area contributed by atoms with Gasteiger partial charge < -0.3 is 10.4 Å². The number of nitrogens with zero attached hydrogens (tertiary/aromatic N) is 1. The molecule has 0 aliphatic carbocycles. The quantitative estimate of drug-likeness (QED) is 0.687. The Bertz CT molecular complexity index is 608. The van der Waals surface area contributed by atoms with Crippen molar-refractivity contribution in [3.05, 3.63) is 38.5 Å². The summed E-state index contributed by atoms with van der Waals surface area (Å²) >= 11 is 3.01. The van der Waals surface area contributed by atoms with Crippen LogP contribution in [0.5, 0.6) is 0 Å². The highest BCUT2D eigenvalue weighted by Crippen LogP contribution is 2.13. The Morgan fingerprint density at radius 2 is 2.09 bits per heavy atom. The van der Waals surface area contributed by atoms with E-state index in [-0.39, 0.29) is 11.6 Å². The van der Waals surface area contributed by atoms with E-state index in [4.69, 9.17) is 5.11 Å². The number of hydrogen-bond acceptors (Lipinski definition) is 5. The molecule has 0 saturated heterocycles. The molecule has 22 heavy (non-hydrogen) atoms. The van der Waals surface area contributed by atoms with E-state index in [1.807, 2.05) is 0 Å². The Labute approximate surface area is 137 Å². The molecule has 2 rings (SSSR count). The lowest BCUT2D eigenvalue weighted by molar-refractivity contribution is -0.121. The van der Waals surface area contributed by atoms with Crippen molar-refractivity contribution in [2.24, 2.45) is 0 Å². The zero-order valence-corrected chi connectivity index (χ0v) is 13.7. The summed E-state index contributed by atoms with van der Waals surface area (Å²) in [6.07, 6.45) is 4.58. The minimum absolute atomic E-state index is 0.0109. The number of aryl methyl sites for hydroxylation is 1. The number of carbonyl (C=O) groups excluding carboxylic acids is 1. The molecule has 0 aromatic carbocycles. The van der Waals surface area contributed by atoms with Crippen LogP contribution in [0.2, 0.25) is 0 Å². The lowest BCUT2D eigenvalue weighted by Gasteiger charge is -2.03. The maximum absolute atomic E-state index is 11.7. The normalized spacial score (nSPS) is 10.5. The van der Waals surface area contributed by atoms with E-state index in [0.717, 1.165) is 25.7 Å². The molecule has 0 unspecified atom stereocenters. The van der Waals surface area contributed by atoms with E-state index in [1.54, 1.807) is 11.3 Å². The third-order valence-corrected chi connectivity index (χ3v) is 4.90. The molecule has 2 aromatic heterocycles. The molecule has 0 aliphatic rings. The number of carboxylic acid groups (broad SMARTS) is 1. The average molecular weight is 338 g/mol. The van der Waals surface area contributed by atoms with Crippen LogP contribution >= 0.6 is 22.7 Å². The average Bonchev–Trinajstić information content (AvgIpc) is 3.16. The van der Waals surface area contributed by atoms with Crippen molar-refractivity contribution < 1.29 is 14.7 Å². The van der Waals surface area contributed by atoms with Crippen molar-refractivity contribution in [1.29, 1.82) is 0 Å². The van der Waals surface area contributed by atoms with E-state index >= 15 is 0 Å². The summed E-state index contributed by atoms with van der Waals surface area (Å²) in [6, 6.07) is 4.19. The van der Waals surface area contributed by atoms with Gasteiger partial charge in [0, 0.05) is 16.7 Å². The molecule has 2 aromatic rings. The Kier molecular flexibility index (Phi) is 6.54. The van der Waals surface area contributed by atoms with Gasteiger partial charge in [0.1, 0.15) is 5.01 Å². The van der Waals surface area contributed by atoms with Gasteiger partial charge in [-0.15, -0.1) is 22.7 Å². The zero-order valence-electron chi connectivity index (χ0n) is 12.1. The van der Waals surface area contributed by atoms with Crippen LogP contribution in [-0.2, 0) is 17.8 Å². The number of rotatable bonds is 9. The van der Waals surface area contributed by atoms with Gasteiger partial charge in [0.05, 0.1) is 6.54 Å². The molecule has 1 amide bonds. The van der Waals surface area contributed by atoms with Crippen LogP contribution in [0.3, 0.4) is 0 Å². The van der Waals surface area contributed by atoms with E-state index < -0.39 is 5.97 Å². The molecular formula is C15H18N2O3S2. The van der Waals surface area contributed by atoms with E-state index in [9.17, 15) is 9.59 Å². The summed E-state index contributed by atoms with van der Waals surface area (Å²) in [5.41, 5.74) is 0.0304. The van der Waals surface area contributed by atoms with Crippen LogP contribution < -0.4 is 5.32 Å². The predicted octanol–water partition coefficient (Wildman–Crippen LogP) is 3.32. The second-order valence-electron chi connectivity index (χ2n) is 4.85.